The third kappa shape index (κ3) is 9.99. The van der Waals surface area contributed by atoms with Crippen LogP contribution in [0.4, 0.5) is 0 Å². The molecule has 0 radical (unpaired) electrons. The molecule has 17 aliphatic rings. The third-order valence-electron chi connectivity index (χ3n) is 13.3. The quantitative estimate of drug-likeness (QED) is 0.0759. The number of rotatable bonds is 14. The first-order chi connectivity index (χ1) is 30.5. The summed E-state index contributed by atoms with van der Waals surface area (Å²) in [4.78, 5) is 0. The maximum Gasteiger partial charge on any atom is 0.0334 e. The molecule has 6 aromatic carbocycles. The first-order valence-electron chi connectivity index (χ1n) is 23.6. The average molecular weight is 807 g/mol. The summed E-state index contributed by atoms with van der Waals surface area (Å²) in [5.74, 6) is 10.7. The van der Waals surface area contributed by atoms with E-state index in [2.05, 4.69) is 172 Å². The minimum absolute atomic E-state index is 0.880. The van der Waals surface area contributed by atoms with E-state index in [1.54, 1.807) is 11.1 Å². The van der Waals surface area contributed by atoms with Crippen LogP contribution in [0.2, 0.25) is 0 Å². The SMILES string of the molecule is C#Cc1cc2c(C#CC3=C(CCCCCCCC)C(CCCCCCCC)=C(C)C3)cc1-c1ccc(cc1)-c1ccc(cc1)-c1ccc(cc1)-c1ccc(cc1)-c1ccc-2cc1. The molecular formula is C62H62. The van der Waals surface area contributed by atoms with E-state index >= 15 is 0 Å². The van der Waals surface area contributed by atoms with Gasteiger partial charge in [0.2, 0.25) is 0 Å². The molecule has 0 saturated carbocycles. The number of hydrogen-bond acceptors (Lipinski definition) is 0. The van der Waals surface area contributed by atoms with Gasteiger partial charge in [-0.25, -0.2) is 0 Å². The Morgan fingerprint density at radius 1 is 0.387 bits per heavy atom. The minimum atomic E-state index is 0.880. The molecule has 0 heteroatoms. The van der Waals surface area contributed by atoms with Gasteiger partial charge in [-0.3, -0.25) is 0 Å². The summed E-state index contributed by atoms with van der Waals surface area (Å²) in [5.41, 5.74) is 21.9. The standard InChI is InChI=1S/C62H62/c1-5-8-10-12-14-16-18-59-45(4)42-57(60(59)19-17-15-13-11-9-6-2)40-41-58-44-61-46(7-3)43-62(58)56-38-34-54(35-39-56)52-30-26-50(27-31-52)48-22-20-47(21-23-48)49-24-28-51(29-25-49)53-32-36-55(61)37-33-53/h3,20-39,43-44H,5-6,8-19,42H2,1-2,4H3. The van der Waals surface area contributed by atoms with Crippen molar-refractivity contribution in [3.05, 3.63) is 167 Å². The Morgan fingerprint density at radius 2 is 0.710 bits per heavy atom. The highest BCUT2D eigenvalue weighted by Crippen LogP contribution is 2.40. The summed E-state index contributed by atoms with van der Waals surface area (Å²) in [6.45, 7) is 6.97. The molecule has 0 aliphatic heterocycles. The van der Waals surface area contributed by atoms with Gasteiger partial charge in [-0.1, -0.05) is 223 Å². The Balaban J connectivity index is 1.20. The van der Waals surface area contributed by atoms with Gasteiger partial charge in [0, 0.05) is 23.1 Å². The topological polar surface area (TPSA) is 0 Å². The van der Waals surface area contributed by atoms with Gasteiger partial charge in [-0.15, -0.1) is 6.42 Å². The highest BCUT2D eigenvalue weighted by atomic mass is 14.3. The molecule has 0 fully saturated rings. The van der Waals surface area contributed by atoms with Crippen molar-refractivity contribution in [1.29, 1.82) is 0 Å². The Morgan fingerprint density at radius 3 is 1.10 bits per heavy atom. The molecule has 310 valence electrons. The van der Waals surface area contributed by atoms with Crippen LogP contribution in [0.15, 0.2) is 156 Å². The van der Waals surface area contributed by atoms with Crippen LogP contribution < -0.4 is 0 Å². The zero-order valence-electron chi connectivity index (χ0n) is 37.4. The summed E-state index contributed by atoms with van der Waals surface area (Å²) in [6, 6.07) is 49.0. The molecular weight excluding hydrogens is 745 g/mol. The molecule has 0 aromatic heterocycles. The van der Waals surface area contributed by atoms with E-state index in [1.807, 2.05) is 0 Å². The van der Waals surface area contributed by atoms with E-state index in [-0.39, 0.29) is 0 Å². The van der Waals surface area contributed by atoms with Crippen molar-refractivity contribution in [1.82, 2.24) is 0 Å². The Hall–Kier alpha value is -6.08. The highest BCUT2D eigenvalue weighted by molar-refractivity contribution is 5.84. The molecule has 12 bridgehead atoms. The van der Waals surface area contributed by atoms with E-state index in [0.717, 1.165) is 46.2 Å². The zero-order valence-corrected chi connectivity index (χ0v) is 37.4. The summed E-state index contributed by atoms with van der Waals surface area (Å²) in [6.07, 6.45) is 25.4. The van der Waals surface area contributed by atoms with Gasteiger partial charge in [-0.2, -0.15) is 0 Å². The molecule has 0 spiro atoms. The Kier molecular flexibility index (Phi) is 14.2. The van der Waals surface area contributed by atoms with Crippen LogP contribution in [-0.4, -0.2) is 0 Å². The van der Waals surface area contributed by atoms with E-state index in [9.17, 15) is 0 Å². The predicted octanol–water partition coefficient (Wildman–Crippen LogP) is 17.9. The maximum absolute atomic E-state index is 6.36. The van der Waals surface area contributed by atoms with Crippen LogP contribution in [0.25, 0.3) is 66.8 Å². The molecule has 62 heavy (non-hydrogen) atoms. The lowest BCUT2D eigenvalue weighted by Crippen LogP contribution is -1.94. The fraction of sp³-hybridized carbons (Fsp3) is 0.290. The van der Waals surface area contributed by atoms with E-state index < -0.39 is 0 Å². The van der Waals surface area contributed by atoms with Gasteiger partial charge >= 0.3 is 0 Å². The number of allylic oxidation sites excluding steroid dienone is 4. The smallest absolute Gasteiger partial charge is 0.0334 e. The zero-order chi connectivity index (χ0) is 42.7. The number of terminal acetylenes is 1. The van der Waals surface area contributed by atoms with Crippen LogP contribution in [0.3, 0.4) is 0 Å². The molecule has 0 nitrogen and oxygen atoms in total. The fourth-order valence-electron chi connectivity index (χ4n) is 9.56. The van der Waals surface area contributed by atoms with Crippen molar-refractivity contribution < 1.29 is 0 Å². The van der Waals surface area contributed by atoms with Crippen LogP contribution in [0.5, 0.6) is 0 Å². The van der Waals surface area contributed by atoms with Crippen molar-refractivity contribution in [3.8, 4) is 90.9 Å². The van der Waals surface area contributed by atoms with Gasteiger partial charge < -0.3 is 0 Å². The fourth-order valence-corrected chi connectivity index (χ4v) is 9.56. The van der Waals surface area contributed by atoms with Crippen LogP contribution in [0.1, 0.15) is 128 Å². The van der Waals surface area contributed by atoms with Crippen molar-refractivity contribution >= 4 is 0 Å². The van der Waals surface area contributed by atoms with Gasteiger partial charge in [0.1, 0.15) is 0 Å². The lowest BCUT2D eigenvalue weighted by molar-refractivity contribution is 0.598. The second-order valence-corrected chi connectivity index (χ2v) is 17.7. The summed E-state index contributed by atoms with van der Waals surface area (Å²) < 4.78 is 0. The van der Waals surface area contributed by atoms with Gasteiger partial charge in [0.15, 0.2) is 0 Å². The largest absolute Gasteiger partial charge is 0.115 e. The number of hydrogen-bond donors (Lipinski definition) is 0. The predicted molar refractivity (Wildman–Crippen MR) is 268 cm³/mol. The van der Waals surface area contributed by atoms with Crippen LogP contribution in [0, 0.1) is 24.2 Å². The van der Waals surface area contributed by atoms with E-state index in [1.165, 1.54) is 139 Å². The third-order valence-corrected chi connectivity index (χ3v) is 13.3. The molecule has 6 aromatic rings. The molecule has 0 saturated heterocycles. The first-order valence-corrected chi connectivity index (χ1v) is 23.6. The maximum atomic E-state index is 6.36. The van der Waals surface area contributed by atoms with Gasteiger partial charge in [0.05, 0.1) is 0 Å². The highest BCUT2D eigenvalue weighted by Gasteiger charge is 2.21. The summed E-state index contributed by atoms with van der Waals surface area (Å²) >= 11 is 0. The Labute approximate surface area is 373 Å². The van der Waals surface area contributed by atoms with Crippen molar-refractivity contribution in [2.75, 3.05) is 0 Å². The van der Waals surface area contributed by atoms with Crippen LogP contribution in [-0.2, 0) is 0 Å². The molecule has 0 unspecified atom stereocenters. The molecule has 0 N–H and O–H groups in total. The van der Waals surface area contributed by atoms with Gasteiger partial charge in [-0.05, 0) is 123 Å². The van der Waals surface area contributed by atoms with Crippen molar-refractivity contribution in [2.24, 2.45) is 0 Å². The lowest BCUT2D eigenvalue weighted by Gasteiger charge is -2.14. The average Bonchev–Trinajstić information content (AvgIpc) is 3.62. The molecule has 23 rings (SSSR count). The number of unbranched alkanes of at least 4 members (excludes halogenated alkanes) is 10. The molecule has 0 amide bonds. The van der Waals surface area contributed by atoms with E-state index in [4.69, 9.17) is 6.42 Å². The normalized spacial score (nSPS) is 12.7. The van der Waals surface area contributed by atoms with Crippen molar-refractivity contribution in [3.63, 3.8) is 0 Å². The van der Waals surface area contributed by atoms with Gasteiger partial charge in [0.25, 0.3) is 0 Å². The number of benzene rings is 6. The lowest BCUT2D eigenvalue weighted by atomic mass is 9.89. The second-order valence-electron chi connectivity index (χ2n) is 17.7. The molecule has 0 heterocycles. The second kappa shape index (κ2) is 20.7. The van der Waals surface area contributed by atoms with Crippen LogP contribution >= 0.6 is 0 Å². The summed E-state index contributed by atoms with van der Waals surface area (Å²) in [5, 5.41) is 0. The van der Waals surface area contributed by atoms with Crippen molar-refractivity contribution in [2.45, 2.75) is 117 Å². The Bertz CT molecular complexity index is 2620. The monoisotopic (exact) mass is 806 g/mol. The minimum Gasteiger partial charge on any atom is -0.115 e. The molecule has 0 atom stereocenters. The first kappa shape index (κ1) is 42.6. The molecule has 17 aliphatic carbocycles. The van der Waals surface area contributed by atoms with E-state index in [0.29, 0.717) is 0 Å². The summed E-state index contributed by atoms with van der Waals surface area (Å²) in [7, 11) is 0.